The van der Waals surface area contributed by atoms with Crippen LogP contribution in [0.5, 0.6) is 0 Å². The molecule has 10 heteroatoms. The molecule has 3 rings (SSSR count). The van der Waals surface area contributed by atoms with Crippen molar-refractivity contribution in [3.05, 3.63) is 40.1 Å². The summed E-state index contributed by atoms with van der Waals surface area (Å²) in [5, 5.41) is 11.4. The second kappa shape index (κ2) is 8.89. The number of likely N-dealkylation sites (tertiary alicyclic amines) is 1. The van der Waals surface area contributed by atoms with Gasteiger partial charge < -0.3 is 10.1 Å². The fraction of sp³-hybridized carbons (Fsp3) is 0.444. The molecule has 0 spiro atoms. The molecule has 28 heavy (non-hydrogen) atoms. The normalized spacial score (nSPS) is 16.6. The van der Waals surface area contributed by atoms with Gasteiger partial charge in [-0.05, 0) is 31.9 Å². The molecule has 0 unspecified atom stereocenters. The second-order valence-electron chi connectivity index (χ2n) is 6.61. The predicted octanol–water partition coefficient (Wildman–Crippen LogP) is 3.04. The molecule has 1 aliphatic heterocycles. The van der Waals surface area contributed by atoms with Gasteiger partial charge in [0.25, 0.3) is 0 Å². The number of hydrogen-bond donors (Lipinski definition) is 1. The van der Waals surface area contributed by atoms with Gasteiger partial charge in [0.1, 0.15) is 0 Å². The van der Waals surface area contributed by atoms with Crippen molar-refractivity contribution in [3.8, 4) is 0 Å². The summed E-state index contributed by atoms with van der Waals surface area (Å²) in [6.07, 6.45) is 3.18. The Bertz CT molecular complexity index is 865. The molecule has 1 fully saturated rings. The molecule has 0 radical (unpaired) electrons. The SMILES string of the molecule is COC(=O)c1cn(C2CCN([C@H](C)C(=O)Nc3cccc(Cl)c3Cl)CC2)nn1. The van der Waals surface area contributed by atoms with Gasteiger partial charge in [-0.25, -0.2) is 9.48 Å². The standard InChI is InChI=1S/C18H21Cl2N5O3/c1-11(17(26)21-14-5-3-4-13(19)16(14)20)24-8-6-12(7-9-24)25-10-15(22-23-25)18(27)28-2/h3-5,10-12H,6-9H2,1-2H3,(H,21,26)/t11-/m1/s1. The van der Waals surface area contributed by atoms with Crippen molar-refractivity contribution in [1.82, 2.24) is 19.9 Å². The number of ether oxygens (including phenoxy) is 1. The number of rotatable bonds is 5. The van der Waals surface area contributed by atoms with Crippen LogP contribution in [0.1, 0.15) is 36.3 Å². The first-order valence-electron chi connectivity index (χ1n) is 8.89. The molecule has 0 bridgehead atoms. The zero-order chi connectivity index (χ0) is 20.3. The largest absolute Gasteiger partial charge is 0.464 e. The minimum Gasteiger partial charge on any atom is -0.464 e. The van der Waals surface area contributed by atoms with Crippen molar-refractivity contribution in [3.63, 3.8) is 0 Å². The summed E-state index contributed by atoms with van der Waals surface area (Å²) in [5.41, 5.74) is 0.690. The Hall–Kier alpha value is -2.16. The summed E-state index contributed by atoms with van der Waals surface area (Å²) >= 11 is 12.1. The molecule has 1 saturated heterocycles. The minimum atomic E-state index is -0.506. The lowest BCUT2D eigenvalue weighted by atomic mass is 10.0. The average molecular weight is 426 g/mol. The molecule has 150 valence electrons. The van der Waals surface area contributed by atoms with Gasteiger partial charge in [0.2, 0.25) is 5.91 Å². The molecule has 0 saturated carbocycles. The van der Waals surface area contributed by atoms with Crippen LogP contribution in [0.3, 0.4) is 0 Å². The maximum Gasteiger partial charge on any atom is 0.360 e. The summed E-state index contributed by atoms with van der Waals surface area (Å²) in [6, 6.07) is 4.93. The number of methoxy groups -OCH3 is 1. The number of esters is 1. The summed E-state index contributed by atoms with van der Waals surface area (Å²) in [6.45, 7) is 3.30. The van der Waals surface area contributed by atoms with Gasteiger partial charge >= 0.3 is 5.97 Å². The van der Waals surface area contributed by atoms with E-state index in [2.05, 4.69) is 25.3 Å². The van der Waals surface area contributed by atoms with Crippen LogP contribution in [0, 0.1) is 0 Å². The number of carbonyl (C=O) groups excluding carboxylic acids is 2. The molecule has 8 nitrogen and oxygen atoms in total. The summed E-state index contributed by atoms with van der Waals surface area (Å²) in [4.78, 5) is 26.2. The van der Waals surface area contributed by atoms with E-state index in [1.54, 1.807) is 29.1 Å². The number of piperidine rings is 1. The molecular formula is C18H21Cl2N5O3. The fourth-order valence-electron chi connectivity index (χ4n) is 3.19. The van der Waals surface area contributed by atoms with Crippen LogP contribution < -0.4 is 5.32 Å². The van der Waals surface area contributed by atoms with Crippen molar-refractivity contribution < 1.29 is 14.3 Å². The molecular weight excluding hydrogens is 405 g/mol. The van der Waals surface area contributed by atoms with Crippen LogP contribution in [-0.4, -0.2) is 58.0 Å². The first kappa shape index (κ1) is 20.6. The molecule has 1 atom stereocenters. The van der Waals surface area contributed by atoms with E-state index < -0.39 is 5.97 Å². The van der Waals surface area contributed by atoms with Crippen LogP contribution in [0.25, 0.3) is 0 Å². The molecule has 2 aromatic rings. The van der Waals surface area contributed by atoms with Gasteiger partial charge in [-0.1, -0.05) is 34.5 Å². The summed E-state index contributed by atoms with van der Waals surface area (Å²) in [7, 11) is 1.31. The molecule has 0 aliphatic carbocycles. The Morgan fingerprint density at radius 3 is 2.68 bits per heavy atom. The topological polar surface area (TPSA) is 89.4 Å². The number of carbonyl (C=O) groups is 2. The van der Waals surface area contributed by atoms with E-state index in [4.69, 9.17) is 23.2 Å². The number of nitrogens with one attached hydrogen (secondary N) is 1. The molecule has 1 amide bonds. The van der Waals surface area contributed by atoms with Gasteiger partial charge in [-0.15, -0.1) is 5.10 Å². The molecule has 2 heterocycles. The van der Waals surface area contributed by atoms with Gasteiger partial charge in [-0.2, -0.15) is 0 Å². The lowest BCUT2D eigenvalue weighted by Crippen LogP contribution is -2.46. The maximum atomic E-state index is 12.6. The highest BCUT2D eigenvalue weighted by molar-refractivity contribution is 6.44. The quantitative estimate of drug-likeness (QED) is 0.740. The number of aromatic nitrogens is 3. The lowest BCUT2D eigenvalue weighted by Gasteiger charge is -2.35. The van der Waals surface area contributed by atoms with Gasteiger partial charge in [0, 0.05) is 13.1 Å². The van der Waals surface area contributed by atoms with E-state index in [0.717, 1.165) is 25.9 Å². The maximum absolute atomic E-state index is 12.6. The Kier molecular flexibility index (Phi) is 6.53. The van der Waals surface area contributed by atoms with Crippen molar-refractivity contribution in [1.29, 1.82) is 0 Å². The van der Waals surface area contributed by atoms with E-state index in [-0.39, 0.29) is 23.7 Å². The number of benzene rings is 1. The second-order valence-corrected chi connectivity index (χ2v) is 7.39. The average Bonchev–Trinajstić information content (AvgIpc) is 3.20. The zero-order valence-electron chi connectivity index (χ0n) is 15.6. The van der Waals surface area contributed by atoms with Crippen molar-refractivity contribution in [2.75, 3.05) is 25.5 Å². The first-order chi connectivity index (χ1) is 13.4. The summed E-state index contributed by atoms with van der Waals surface area (Å²) < 4.78 is 6.35. The van der Waals surface area contributed by atoms with Crippen LogP contribution in [0.4, 0.5) is 5.69 Å². The Morgan fingerprint density at radius 1 is 1.29 bits per heavy atom. The Balaban J connectivity index is 1.56. The fourth-order valence-corrected chi connectivity index (χ4v) is 3.54. The molecule has 1 N–H and O–H groups in total. The Labute approximate surface area is 172 Å². The van der Waals surface area contributed by atoms with E-state index in [0.29, 0.717) is 15.7 Å². The van der Waals surface area contributed by atoms with Crippen LogP contribution >= 0.6 is 23.2 Å². The third-order valence-corrected chi connectivity index (χ3v) is 5.73. The van der Waals surface area contributed by atoms with E-state index in [9.17, 15) is 9.59 Å². The van der Waals surface area contributed by atoms with Crippen LogP contribution in [-0.2, 0) is 9.53 Å². The lowest BCUT2D eigenvalue weighted by molar-refractivity contribution is -0.121. The smallest absolute Gasteiger partial charge is 0.360 e. The van der Waals surface area contributed by atoms with Gasteiger partial charge in [0.15, 0.2) is 5.69 Å². The molecule has 1 aliphatic rings. The third kappa shape index (κ3) is 4.45. The highest BCUT2D eigenvalue weighted by Crippen LogP contribution is 2.30. The van der Waals surface area contributed by atoms with E-state index in [1.807, 2.05) is 6.92 Å². The number of hydrogen-bond acceptors (Lipinski definition) is 6. The van der Waals surface area contributed by atoms with Crippen molar-refractivity contribution >= 4 is 40.8 Å². The third-order valence-electron chi connectivity index (χ3n) is 4.91. The number of amides is 1. The monoisotopic (exact) mass is 425 g/mol. The number of nitrogens with zero attached hydrogens (tertiary/aromatic N) is 4. The highest BCUT2D eigenvalue weighted by atomic mass is 35.5. The molecule has 1 aromatic carbocycles. The number of anilines is 1. The van der Waals surface area contributed by atoms with Crippen LogP contribution in [0.15, 0.2) is 24.4 Å². The Morgan fingerprint density at radius 2 is 2.00 bits per heavy atom. The first-order valence-corrected chi connectivity index (χ1v) is 9.65. The molecule has 1 aromatic heterocycles. The van der Waals surface area contributed by atoms with Gasteiger partial charge in [0.05, 0.1) is 41.1 Å². The van der Waals surface area contributed by atoms with Crippen LogP contribution in [0.2, 0.25) is 10.0 Å². The highest BCUT2D eigenvalue weighted by Gasteiger charge is 2.28. The van der Waals surface area contributed by atoms with Crippen molar-refractivity contribution in [2.45, 2.75) is 31.8 Å². The zero-order valence-corrected chi connectivity index (χ0v) is 17.1. The van der Waals surface area contributed by atoms with E-state index in [1.165, 1.54) is 7.11 Å². The van der Waals surface area contributed by atoms with E-state index >= 15 is 0 Å². The van der Waals surface area contributed by atoms with Gasteiger partial charge in [-0.3, -0.25) is 9.69 Å². The predicted molar refractivity (Wildman–Crippen MR) is 106 cm³/mol. The van der Waals surface area contributed by atoms with Crippen molar-refractivity contribution in [2.24, 2.45) is 0 Å². The number of halogens is 2. The summed E-state index contributed by atoms with van der Waals surface area (Å²) in [5.74, 6) is -0.648. The minimum absolute atomic E-state index is 0.125.